The second-order valence-electron chi connectivity index (χ2n) is 5.28. The van der Waals surface area contributed by atoms with E-state index in [0.29, 0.717) is 30.1 Å². The molecule has 0 bridgehead atoms. The maximum atomic E-state index is 13.1. The molecule has 4 N–H and O–H groups in total. The first-order valence-corrected chi connectivity index (χ1v) is 7.11. The molecule has 1 saturated carbocycles. The highest BCUT2D eigenvalue weighted by atomic mass is 19.3. The molecule has 1 aliphatic carbocycles. The summed E-state index contributed by atoms with van der Waals surface area (Å²) in [4.78, 5) is 8.22. The normalized spacial score (nSPS) is 18.2. The van der Waals surface area contributed by atoms with Crippen molar-refractivity contribution in [1.29, 1.82) is 0 Å². The van der Waals surface area contributed by atoms with Crippen molar-refractivity contribution < 1.29 is 8.78 Å². The van der Waals surface area contributed by atoms with E-state index in [1.165, 1.54) is 0 Å². The summed E-state index contributed by atoms with van der Waals surface area (Å²) in [6.07, 6.45) is 0.644. The standard InChI is InChI=1S/C14H21F2N5/c1-3-18-9(2)11-8-12(21-13(17)20-11)19-10-4-6-14(15,16)7-5-10/h8,10,18H,2-7H2,1H3,(H3,17,19,20,21). The number of aromatic nitrogens is 2. The van der Waals surface area contributed by atoms with Crippen LogP contribution in [-0.4, -0.2) is 28.5 Å². The highest BCUT2D eigenvalue weighted by Crippen LogP contribution is 2.34. The second-order valence-corrected chi connectivity index (χ2v) is 5.28. The van der Waals surface area contributed by atoms with E-state index >= 15 is 0 Å². The van der Waals surface area contributed by atoms with Gasteiger partial charge in [0.25, 0.3) is 0 Å². The highest BCUT2D eigenvalue weighted by molar-refractivity contribution is 5.62. The maximum Gasteiger partial charge on any atom is 0.248 e. The molecule has 116 valence electrons. The van der Waals surface area contributed by atoms with Gasteiger partial charge in [0.2, 0.25) is 11.9 Å². The highest BCUT2D eigenvalue weighted by Gasteiger charge is 2.34. The zero-order valence-electron chi connectivity index (χ0n) is 12.1. The third kappa shape index (κ3) is 4.27. The quantitative estimate of drug-likeness (QED) is 0.779. The lowest BCUT2D eigenvalue weighted by Crippen LogP contribution is -2.32. The van der Waals surface area contributed by atoms with Crippen LogP contribution < -0.4 is 16.4 Å². The van der Waals surface area contributed by atoms with Crippen LogP contribution in [0.1, 0.15) is 38.3 Å². The van der Waals surface area contributed by atoms with E-state index in [1.807, 2.05) is 6.92 Å². The van der Waals surface area contributed by atoms with Crippen LogP contribution in [0.15, 0.2) is 12.6 Å². The Kier molecular flexibility index (Phi) is 4.59. The van der Waals surface area contributed by atoms with E-state index in [0.717, 1.165) is 6.54 Å². The van der Waals surface area contributed by atoms with Crippen molar-refractivity contribution in [3.05, 3.63) is 18.3 Å². The molecule has 0 saturated heterocycles. The number of nitrogens with zero attached hydrogens (tertiary/aromatic N) is 2. The van der Waals surface area contributed by atoms with Crippen LogP contribution in [0.25, 0.3) is 5.70 Å². The van der Waals surface area contributed by atoms with Crippen LogP contribution in [0.2, 0.25) is 0 Å². The molecule has 1 aromatic heterocycles. The lowest BCUT2D eigenvalue weighted by Gasteiger charge is -2.29. The van der Waals surface area contributed by atoms with Crippen LogP contribution in [0.4, 0.5) is 20.5 Å². The van der Waals surface area contributed by atoms with Crippen LogP contribution in [-0.2, 0) is 0 Å². The van der Waals surface area contributed by atoms with Crippen molar-refractivity contribution in [3.8, 4) is 0 Å². The Hall–Kier alpha value is -1.92. The van der Waals surface area contributed by atoms with Gasteiger partial charge in [0, 0.05) is 31.5 Å². The number of alkyl halides is 2. The lowest BCUT2D eigenvalue weighted by molar-refractivity contribution is -0.0361. The number of hydrogen-bond donors (Lipinski definition) is 3. The first kappa shape index (κ1) is 15.5. The van der Waals surface area contributed by atoms with Gasteiger partial charge in [-0.15, -0.1) is 0 Å². The van der Waals surface area contributed by atoms with Gasteiger partial charge in [-0.05, 0) is 19.8 Å². The average molecular weight is 297 g/mol. The second kappa shape index (κ2) is 6.24. The Morgan fingerprint density at radius 2 is 2.10 bits per heavy atom. The van der Waals surface area contributed by atoms with Crippen LogP contribution in [0.3, 0.4) is 0 Å². The van der Waals surface area contributed by atoms with Gasteiger partial charge in [-0.25, -0.2) is 13.8 Å². The minimum absolute atomic E-state index is 0.0147. The molecule has 2 rings (SSSR count). The van der Waals surface area contributed by atoms with E-state index < -0.39 is 5.92 Å². The van der Waals surface area contributed by atoms with Crippen molar-refractivity contribution >= 4 is 17.5 Å². The molecule has 0 radical (unpaired) electrons. The Morgan fingerprint density at radius 1 is 1.43 bits per heavy atom. The van der Waals surface area contributed by atoms with Gasteiger partial charge < -0.3 is 16.4 Å². The Balaban J connectivity index is 2.05. The van der Waals surface area contributed by atoms with Gasteiger partial charge in [-0.1, -0.05) is 6.58 Å². The van der Waals surface area contributed by atoms with Gasteiger partial charge in [-0.2, -0.15) is 4.98 Å². The molecule has 1 heterocycles. The van der Waals surface area contributed by atoms with E-state index in [2.05, 4.69) is 27.2 Å². The molecule has 0 aromatic carbocycles. The number of nitrogens with one attached hydrogen (secondary N) is 2. The lowest BCUT2D eigenvalue weighted by atomic mass is 9.92. The van der Waals surface area contributed by atoms with E-state index in [-0.39, 0.29) is 24.8 Å². The summed E-state index contributed by atoms with van der Waals surface area (Å²) in [5.41, 5.74) is 6.95. The Labute approximate surface area is 123 Å². The van der Waals surface area contributed by atoms with Gasteiger partial charge in [0.1, 0.15) is 5.82 Å². The number of halogens is 2. The topological polar surface area (TPSA) is 75.9 Å². The van der Waals surface area contributed by atoms with Crippen molar-refractivity contribution in [2.45, 2.75) is 44.6 Å². The molecule has 21 heavy (non-hydrogen) atoms. The van der Waals surface area contributed by atoms with Crippen LogP contribution in [0.5, 0.6) is 0 Å². The SMILES string of the molecule is C=C(NCC)c1cc(NC2CCC(F)(F)CC2)nc(N)n1. The van der Waals surface area contributed by atoms with Gasteiger partial charge >= 0.3 is 0 Å². The molecule has 0 unspecified atom stereocenters. The fourth-order valence-electron chi connectivity index (χ4n) is 2.39. The minimum Gasteiger partial charge on any atom is -0.384 e. The van der Waals surface area contributed by atoms with Crippen molar-refractivity contribution in [2.75, 3.05) is 17.6 Å². The summed E-state index contributed by atoms with van der Waals surface area (Å²) in [5, 5.41) is 6.23. The molecular formula is C14H21F2N5. The van der Waals surface area contributed by atoms with Crippen LogP contribution in [0, 0.1) is 0 Å². The van der Waals surface area contributed by atoms with E-state index in [9.17, 15) is 8.78 Å². The molecule has 1 aliphatic rings. The van der Waals surface area contributed by atoms with Crippen LogP contribution >= 0.6 is 0 Å². The predicted octanol–water partition coefficient (Wildman–Crippen LogP) is 2.63. The average Bonchev–Trinajstić information content (AvgIpc) is 2.41. The molecule has 0 aliphatic heterocycles. The summed E-state index contributed by atoms with van der Waals surface area (Å²) < 4.78 is 26.3. The molecule has 1 fully saturated rings. The van der Waals surface area contributed by atoms with E-state index in [4.69, 9.17) is 5.73 Å². The zero-order valence-corrected chi connectivity index (χ0v) is 12.1. The Morgan fingerprint density at radius 3 is 2.71 bits per heavy atom. The van der Waals surface area contributed by atoms with Crippen molar-refractivity contribution in [3.63, 3.8) is 0 Å². The fourth-order valence-corrected chi connectivity index (χ4v) is 2.39. The largest absolute Gasteiger partial charge is 0.384 e. The number of nitrogen functional groups attached to an aromatic ring is 1. The molecule has 5 nitrogen and oxygen atoms in total. The molecule has 0 amide bonds. The molecule has 0 spiro atoms. The molecular weight excluding hydrogens is 276 g/mol. The zero-order chi connectivity index (χ0) is 15.5. The molecule has 0 atom stereocenters. The summed E-state index contributed by atoms with van der Waals surface area (Å²) in [5.74, 6) is -1.85. The molecule has 1 aromatic rings. The minimum atomic E-state index is -2.53. The smallest absolute Gasteiger partial charge is 0.248 e. The number of nitrogens with two attached hydrogens (primary N) is 1. The summed E-state index contributed by atoms with van der Waals surface area (Å²) in [7, 11) is 0. The number of rotatable bonds is 5. The van der Waals surface area contributed by atoms with Crippen molar-refractivity contribution in [2.24, 2.45) is 0 Å². The monoisotopic (exact) mass is 297 g/mol. The third-order valence-electron chi connectivity index (χ3n) is 3.51. The Bertz CT molecular complexity index is 508. The van der Waals surface area contributed by atoms with E-state index in [1.54, 1.807) is 6.07 Å². The maximum absolute atomic E-state index is 13.1. The van der Waals surface area contributed by atoms with Gasteiger partial charge in [-0.3, -0.25) is 0 Å². The number of anilines is 2. The summed E-state index contributed by atoms with van der Waals surface area (Å²) in [6, 6.07) is 1.72. The molecule has 7 heteroatoms. The van der Waals surface area contributed by atoms with Gasteiger partial charge in [0.15, 0.2) is 0 Å². The summed E-state index contributed by atoms with van der Waals surface area (Å²) in [6.45, 7) is 6.56. The summed E-state index contributed by atoms with van der Waals surface area (Å²) >= 11 is 0. The predicted molar refractivity (Wildman–Crippen MR) is 80.0 cm³/mol. The fraction of sp³-hybridized carbons (Fsp3) is 0.571. The van der Waals surface area contributed by atoms with Gasteiger partial charge in [0.05, 0.1) is 11.4 Å². The third-order valence-corrected chi connectivity index (χ3v) is 3.51. The van der Waals surface area contributed by atoms with Crippen molar-refractivity contribution in [1.82, 2.24) is 15.3 Å². The number of hydrogen-bond acceptors (Lipinski definition) is 5. The first-order chi connectivity index (χ1) is 9.89. The first-order valence-electron chi connectivity index (χ1n) is 7.11.